The van der Waals surface area contributed by atoms with Crippen LogP contribution in [0.15, 0.2) is 66.7 Å². The molecule has 0 fully saturated rings. The number of nitro benzene ring substituents is 1. The zero-order chi connectivity index (χ0) is 24.7. The number of carbonyl (C=O) groups is 3. The van der Waals surface area contributed by atoms with E-state index in [0.717, 1.165) is 12.1 Å². The van der Waals surface area contributed by atoms with E-state index in [0.29, 0.717) is 5.56 Å². The molecule has 0 aliphatic carbocycles. The van der Waals surface area contributed by atoms with Crippen LogP contribution in [-0.2, 0) is 9.53 Å². The number of rotatable bonds is 9. The van der Waals surface area contributed by atoms with Crippen molar-refractivity contribution in [3.05, 3.63) is 93.5 Å². The molecule has 0 saturated heterocycles. The lowest BCUT2D eigenvalue weighted by Gasteiger charge is -2.12. The van der Waals surface area contributed by atoms with Gasteiger partial charge in [-0.3, -0.25) is 19.7 Å². The molecule has 10 heteroatoms. The Morgan fingerprint density at radius 2 is 1.50 bits per heavy atom. The number of nitrogens with zero attached hydrogens (tertiary/aromatic N) is 1. The van der Waals surface area contributed by atoms with E-state index < -0.39 is 34.7 Å². The average molecular weight is 464 g/mol. The van der Waals surface area contributed by atoms with Crippen molar-refractivity contribution in [2.45, 2.75) is 0 Å². The summed E-state index contributed by atoms with van der Waals surface area (Å²) < 4.78 is 15.1. The Balaban J connectivity index is 1.74. The van der Waals surface area contributed by atoms with E-state index in [1.54, 1.807) is 48.5 Å². The number of carbonyl (C=O) groups excluding carboxylic acids is 3. The number of anilines is 1. The Bertz CT molecular complexity index is 1240. The van der Waals surface area contributed by atoms with Gasteiger partial charge in [0.25, 0.3) is 11.6 Å². The third-order valence-electron chi connectivity index (χ3n) is 4.73. The van der Waals surface area contributed by atoms with Crippen molar-refractivity contribution in [1.82, 2.24) is 0 Å². The molecular formula is C24H20N2O8. The van der Waals surface area contributed by atoms with Crippen LogP contribution in [0.4, 0.5) is 11.4 Å². The number of esters is 1. The summed E-state index contributed by atoms with van der Waals surface area (Å²) in [5, 5.41) is 13.9. The lowest BCUT2D eigenvalue weighted by molar-refractivity contribution is -0.385. The van der Waals surface area contributed by atoms with E-state index in [9.17, 15) is 24.5 Å². The molecule has 0 radical (unpaired) electrons. The van der Waals surface area contributed by atoms with Gasteiger partial charge in [-0.1, -0.05) is 42.5 Å². The van der Waals surface area contributed by atoms with Gasteiger partial charge in [0.2, 0.25) is 0 Å². The SMILES string of the molecule is COc1cc(C(=O)OCC(=O)Nc2ccccc2C(=O)c2ccccc2)c([N+](=O)[O-])cc1OC. The fourth-order valence-electron chi connectivity index (χ4n) is 3.11. The molecule has 0 atom stereocenters. The van der Waals surface area contributed by atoms with E-state index in [2.05, 4.69) is 5.32 Å². The van der Waals surface area contributed by atoms with Crippen LogP contribution in [0, 0.1) is 10.1 Å². The second-order valence-electron chi connectivity index (χ2n) is 6.85. The summed E-state index contributed by atoms with van der Waals surface area (Å²) in [5.74, 6) is -1.99. The van der Waals surface area contributed by atoms with Crippen LogP contribution in [-0.4, -0.2) is 43.4 Å². The summed E-state index contributed by atoms with van der Waals surface area (Å²) in [6, 6.07) is 17.0. The summed E-state index contributed by atoms with van der Waals surface area (Å²) in [7, 11) is 2.60. The maximum absolute atomic E-state index is 12.8. The lowest BCUT2D eigenvalue weighted by Crippen LogP contribution is -2.22. The van der Waals surface area contributed by atoms with E-state index in [-0.39, 0.29) is 28.5 Å². The third kappa shape index (κ3) is 5.36. The second-order valence-corrected chi connectivity index (χ2v) is 6.85. The van der Waals surface area contributed by atoms with Gasteiger partial charge in [-0.2, -0.15) is 0 Å². The average Bonchev–Trinajstić information content (AvgIpc) is 2.86. The molecule has 0 aliphatic heterocycles. The second kappa shape index (κ2) is 10.7. The molecule has 34 heavy (non-hydrogen) atoms. The summed E-state index contributed by atoms with van der Waals surface area (Å²) in [6.45, 7) is -0.738. The van der Waals surface area contributed by atoms with Crippen molar-refractivity contribution in [3.8, 4) is 11.5 Å². The van der Waals surface area contributed by atoms with Gasteiger partial charge in [-0.25, -0.2) is 4.79 Å². The molecule has 0 spiro atoms. The zero-order valence-electron chi connectivity index (χ0n) is 18.3. The molecule has 3 aromatic carbocycles. The highest BCUT2D eigenvalue weighted by molar-refractivity contribution is 6.14. The van der Waals surface area contributed by atoms with Gasteiger partial charge < -0.3 is 19.5 Å². The summed E-state index contributed by atoms with van der Waals surface area (Å²) >= 11 is 0. The predicted molar refractivity (Wildman–Crippen MR) is 121 cm³/mol. The number of benzene rings is 3. The maximum Gasteiger partial charge on any atom is 0.345 e. The van der Waals surface area contributed by atoms with Crippen molar-refractivity contribution >= 4 is 29.0 Å². The van der Waals surface area contributed by atoms with E-state index in [4.69, 9.17) is 14.2 Å². The van der Waals surface area contributed by atoms with Crippen LogP contribution >= 0.6 is 0 Å². The van der Waals surface area contributed by atoms with Crippen LogP contribution < -0.4 is 14.8 Å². The van der Waals surface area contributed by atoms with Gasteiger partial charge in [-0.05, 0) is 12.1 Å². The van der Waals surface area contributed by atoms with E-state index >= 15 is 0 Å². The third-order valence-corrected chi connectivity index (χ3v) is 4.73. The van der Waals surface area contributed by atoms with Gasteiger partial charge in [0.15, 0.2) is 23.9 Å². The quantitative estimate of drug-likeness (QED) is 0.220. The molecule has 1 N–H and O–H groups in total. The Morgan fingerprint density at radius 1 is 0.882 bits per heavy atom. The van der Waals surface area contributed by atoms with Gasteiger partial charge in [0, 0.05) is 17.2 Å². The summed E-state index contributed by atoms with van der Waals surface area (Å²) in [6.07, 6.45) is 0. The van der Waals surface area contributed by atoms with E-state index in [1.165, 1.54) is 20.3 Å². The Morgan fingerprint density at radius 3 is 2.15 bits per heavy atom. The molecule has 0 aliphatic rings. The predicted octanol–water partition coefficient (Wildman–Crippen LogP) is 3.64. The monoisotopic (exact) mass is 464 g/mol. The molecule has 0 unspecified atom stereocenters. The number of nitrogens with one attached hydrogen (secondary N) is 1. The van der Waals surface area contributed by atoms with Gasteiger partial charge in [0.1, 0.15) is 5.56 Å². The fourth-order valence-corrected chi connectivity index (χ4v) is 3.11. The van der Waals surface area contributed by atoms with Crippen LogP contribution in [0.2, 0.25) is 0 Å². The number of hydrogen-bond acceptors (Lipinski definition) is 8. The molecular weight excluding hydrogens is 444 g/mol. The number of amides is 1. The van der Waals surface area contributed by atoms with E-state index in [1.807, 2.05) is 0 Å². The minimum absolute atomic E-state index is 0.0585. The largest absolute Gasteiger partial charge is 0.493 e. The molecule has 1 amide bonds. The maximum atomic E-state index is 12.8. The van der Waals surface area contributed by atoms with Crippen molar-refractivity contribution < 1.29 is 33.5 Å². The van der Waals surface area contributed by atoms with Crippen LogP contribution in [0.3, 0.4) is 0 Å². The summed E-state index contributed by atoms with van der Waals surface area (Å²) in [4.78, 5) is 48.3. The molecule has 0 heterocycles. The molecule has 10 nitrogen and oxygen atoms in total. The first-order valence-electron chi connectivity index (χ1n) is 9.91. The van der Waals surface area contributed by atoms with Crippen LogP contribution in [0.5, 0.6) is 11.5 Å². The first kappa shape index (κ1) is 23.9. The standard InChI is InChI=1S/C24H20N2O8/c1-32-20-12-17(19(26(30)31)13-21(20)33-2)24(29)34-14-22(27)25-18-11-7-6-10-16(18)23(28)15-8-4-3-5-9-15/h3-13H,14H2,1-2H3,(H,25,27). The number of nitro groups is 1. The Hall–Kier alpha value is -4.73. The van der Waals surface area contributed by atoms with Crippen LogP contribution in [0.25, 0.3) is 0 Å². The number of ketones is 1. The molecule has 0 bridgehead atoms. The van der Waals surface area contributed by atoms with Crippen molar-refractivity contribution in [3.63, 3.8) is 0 Å². The lowest BCUT2D eigenvalue weighted by atomic mass is 10.0. The molecule has 3 aromatic rings. The highest BCUT2D eigenvalue weighted by Crippen LogP contribution is 2.34. The molecule has 174 valence electrons. The Kier molecular flexibility index (Phi) is 7.55. The summed E-state index contributed by atoms with van der Waals surface area (Å²) in [5.41, 5.74) is -0.0493. The minimum atomic E-state index is -1.10. The van der Waals surface area contributed by atoms with Gasteiger partial charge >= 0.3 is 5.97 Å². The van der Waals surface area contributed by atoms with Crippen LogP contribution in [0.1, 0.15) is 26.3 Å². The molecule has 3 rings (SSSR count). The highest BCUT2D eigenvalue weighted by atomic mass is 16.6. The topological polar surface area (TPSA) is 134 Å². The number of methoxy groups -OCH3 is 2. The Labute approximate surface area is 194 Å². The minimum Gasteiger partial charge on any atom is -0.493 e. The first-order chi connectivity index (χ1) is 16.3. The molecule has 0 saturated carbocycles. The smallest absolute Gasteiger partial charge is 0.345 e. The number of para-hydroxylation sites is 1. The number of ether oxygens (including phenoxy) is 3. The normalized spacial score (nSPS) is 10.2. The van der Waals surface area contributed by atoms with Gasteiger partial charge in [-0.15, -0.1) is 0 Å². The highest BCUT2D eigenvalue weighted by Gasteiger charge is 2.26. The zero-order valence-corrected chi connectivity index (χ0v) is 18.3. The first-order valence-corrected chi connectivity index (χ1v) is 9.91. The van der Waals surface area contributed by atoms with Gasteiger partial charge in [0.05, 0.1) is 30.9 Å². The molecule has 0 aromatic heterocycles. The van der Waals surface area contributed by atoms with Crippen molar-refractivity contribution in [1.29, 1.82) is 0 Å². The number of hydrogen-bond donors (Lipinski definition) is 1. The van der Waals surface area contributed by atoms with Crippen molar-refractivity contribution in [2.24, 2.45) is 0 Å². The van der Waals surface area contributed by atoms with Crippen molar-refractivity contribution in [2.75, 3.05) is 26.1 Å². The fraction of sp³-hybridized carbons (Fsp3) is 0.125.